The van der Waals surface area contributed by atoms with Gasteiger partial charge in [0, 0.05) is 3.57 Å². The topological polar surface area (TPSA) is 12.0 Å². The number of rotatable bonds is 5. The minimum Gasteiger partial charge on any atom is -0.309 e. The first-order valence-electron chi connectivity index (χ1n) is 7.11. The van der Waals surface area contributed by atoms with Crippen molar-refractivity contribution in [2.24, 2.45) is 5.92 Å². The molecule has 0 radical (unpaired) electrons. The van der Waals surface area contributed by atoms with Crippen LogP contribution in [-0.2, 0) is 6.42 Å². The Kier molecular flexibility index (Phi) is 5.61. The van der Waals surface area contributed by atoms with Crippen molar-refractivity contribution in [1.82, 2.24) is 5.32 Å². The van der Waals surface area contributed by atoms with Crippen LogP contribution in [0.25, 0.3) is 0 Å². The first kappa shape index (κ1) is 15.5. The minimum atomic E-state index is 0.262. The Hall–Kier alpha value is -0.870. The second kappa shape index (κ2) is 7.23. The maximum atomic E-state index is 3.42. The van der Waals surface area contributed by atoms with Gasteiger partial charge < -0.3 is 5.32 Å². The SMILES string of the molecule is CNC(c1ccc(CC(C)C)cc1)c1cccc(I)c1. The standard InChI is InChI=1S/C18H22IN/c1-13(2)11-14-7-9-15(10-8-14)18(20-3)16-5-4-6-17(19)12-16/h4-10,12-13,18,20H,11H2,1-3H3. The van der Waals surface area contributed by atoms with Gasteiger partial charge in [0.25, 0.3) is 0 Å². The van der Waals surface area contributed by atoms with E-state index in [2.05, 4.69) is 90.3 Å². The molecule has 0 spiro atoms. The molecule has 2 heteroatoms. The molecule has 1 atom stereocenters. The molecule has 0 saturated heterocycles. The summed E-state index contributed by atoms with van der Waals surface area (Å²) in [6.45, 7) is 4.52. The molecule has 0 aromatic heterocycles. The molecule has 0 aliphatic rings. The lowest BCUT2D eigenvalue weighted by Gasteiger charge is -2.18. The molecule has 0 heterocycles. The number of nitrogens with one attached hydrogen (secondary N) is 1. The molecule has 0 bridgehead atoms. The van der Waals surface area contributed by atoms with E-state index in [4.69, 9.17) is 0 Å². The molecular formula is C18H22IN. The van der Waals surface area contributed by atoms with Crippen LogP contribution in [-0.4, -0.2) is 7.05 Å². The van der Waals surface area contributed by atoms with Gasteiger partial charge >= 0.3 is 0 Å². The average Bonchev–Trinajstić information content (AvgIpc) is 2.41. The highest BCUT2D eigenvalue weighted by Gasteiger charge is 2.12. The highest BCUT2D eigenvalue weighted by atomic mass is 127. The molecule has 20 heavy (non-hydrogen) atoms. The van der Waals surface area contributed by atoms with Crippen molar-refractivity contribution in [2.45, 2.75) is 26.3 Å². The molecule has 1 nitrogen and oxygen atoms in total. The number of hydrogen-bond acceptors (Lipinski definition) is 1. The van der Waals surface area contributed by atoms with Crippen LogP contribution in [0.4, 0.5) is 0 Å². The maximum Gasteiger partial charge on any atom is 0.0574 e. The Labute approximate surface area is 135 Å². The van der Waals surface area contributed by atoms with Crippen molar-refractivity contribution in [1.29, 1.82) is 0 Å². The third-order valence-corrected chi connectivity index (χ3v) is 4.10. The summed E-state index contributed by atoms with van der Waals surface area (Å²) in [6, 6.07) is 17.9. The Morgan fingerprint density at radius 1 is 1.00 bits per heavy atom. The maximum absolute atomic E-state index is 3.42. The van der Waals surface area contributed by atoms with Gasteiger partial charge in [0.05, 0.1) is 6.04 Å². The van der Waals surface area contributed by atoms with E-state index in [1.807, 2.05) is 7.05 Å². The van der Waals surface area contributed by atoms with Crippen LogP contribution in [0.15, 0.2) is 48.5 Å². The van der Waals surface area contributed by atoms with Gasteiger partial charge in [0.1, 0.15) is 0 Å². The average molecular weight is 379 g/mol. The predicted octanol–water partition coefficient (Wildman–Crippen LogP) is 4.80. The summed E-state index contributed by atoms with van der Waals surface area (Å²) in [6.07, 6.45) is 1.15. The zero-order valence-corrected chi connectivity index (χ0v) is 14.5. The van der Waals surface area contributed by atoms with Gasteiger partial charge in [-0.1, -0.05) is 50.2 Å². The molecule has 2 rings (SSSR count). The first-order valence-corrected chi connectivity index (χ1v) is 8.19. The lowest BCUT2D eigenvalue weighted by atomic mass is 9.96. The van der Waals surface area contributed by atoms with Crippen molar-refractivity contribution in [3.63, 3.8) is 0 Å². The van der Waals surface area contributed by atoms with Gasteiger partial charge in [-0.05, 0) is 70.8 Å². The van der Waals surface area contributed by atoms with Gasteiger partial charge in [0.2, 0.25) is 0 Å². The summed E-state index contributed by atoms with van der Waals surface area (Å²) in [5.74, 6) is 0.705. The first-order chi connectivity index (χ1) is 9.60. The van der Waals surface area contributed by atoms with E-state index < -0.39 is 0 Å². The van der Waals surface area contributed by atoms with E-state index in [0.29, 0.717) is 5.92 Å². The van der Waals surface area contributed by atoms with Crippen LogP contribution < -0.4 is 5.32 Å². The van der Waals surface area contributed by atoms with Crippen LogP contribution in [0.5, 0.6) is 0 Å². The summed E-state index contributed by atoms with van der Waals surface area (Å²) in [5.41, 5.74) is 4.05. The van der Waals surface area contributed by atoms with Crippen molar-refractivity contribution >= 4 is 22.6 Å². The second-order valence-electron chi connectivity index (χ2n) is 5.62. The van der Waals surface area contributed by atoms with E-state index in [9.17, 15) is 0 Å². The molecule has 0 saturated carbocycles. The van der Waals surface area contributed by atoms with Crippen LogP contribution in [0.1, 0.15) is 36.6 Å². The number of benzene rings is 2. The Balaban J connectivity index is 2.23. The quantitative estimate of drug-likeness (QED) is 0.736. The monoisotopic (exact) mass is 379 g/mol. The lowest BCUT2D eigenvalue weighted by molar-refractivity contribution is 0.645. The third kappa shape index (κ3) is 4.06. The van der Waals surface area contributed by atoms with Crippen LogP contribution in [0, 0.1) is 9.49 Å². The van der Waals surface area contributed by atoms with Gasteiger partial charge in [-0.2, -0.15) is 0 Å². The zero-order valence-electron chi connectivity index (χ0n) is 12.4. The summed E-state index contributed by atoms with van der Waals surface area (Å²) >= 11 is 2.37. The second-order valence-corrected chi connectivity index (χ2v) is 6.86. The normalized spacial score (nSPS) is 12.7. The van der Waals surface area contributed by atoms with Crippen molar-refractivity contribution < 1.29 is 0 Å². The minimum absolute atomic E-state index is 0.262. The predicted molar refractivity (Wildman–Crippen MR) is 95.0 cm³/mol. The van der Waals surface area contributed by atoms with Gasteiger partial charge in [-0.15, -0.1) is 0 Å². The fraction of sp³-hybridized carbons (Fsp3) is 0.333. The summed E-state index contributed by atoms with van der Waals surface area (Å²) in [5, 5.41) is 3.42. The highest BCUT2D eigenvalue weighted by Crippen LogP contribution is 2.24. The van der Waals surface area contributed by atoms with E-state index >= 15 is 0 Å². The van der Waals surface area contributed by atoms with Crippen LogP contribution >= 0.6 is 22.6 Å². The van der Waals surface area contributed by atoms with Crippen LogP contribution in [0.2, 0.25) is 0 Å². The van der Waals surface area contributed by atoms with Gasteiger partial charge in [0.15, 0.2) is 0 Å². The molecule has 1 N–H and O–H groups in total. The molecule has 2 aromatic carbocycles. The molecule has 0 aliphatic heterocycles. The molecular weight excluding hydrogens is 357 g/mol. The fourth-order valence-electron chi connectivity index (χ4n) is 2.53. The molecule has 0 fully saturated rings. The molecule has 0 aliphatic carbocycles. The highest BCUT2D eigenvalue weighted by molar-refractivity contribution is 14.1. The summed E-state index contributed by atoms with van der Waals surface area (Å²) in [7, 11) is 2.02. The largest absolute Gasteiger partial charge is 0.309 e. The lowest BCUT2D eigenvalue weighted by Crippen LogP contribution is -2.17. The summed E-state index contributed by atoms with van der Waals surface area (Å²) in [4.78, 5) is 0. The van der Waals surface area contributed by atoms with E-state index in [1.165, 1.54) is 20.3 Å². The van der Waals surface area contributed by atoms with Crippen molar-refractivity contribution in [3.8, 4) is 0 Å². The molecule has 2 aromatic rings. The van der Waals surface area contributed by atoms with Crippen molar-refractivity contribution in [3.05, 3.63) is 68.8 Å². The molecule has 1 unspecified atom stereocenters. The summed E-state index contributed by atoms with van der Waals surface area (Å²) < 4.78 is 1.27. The third-order valence-electron chi connectivity index (χ3n) is 3.43. The van der Waals surface area contributed by atoms with E-state index in [0.717, 1.165) is 6.42 Å². The Morgan fingerprint density at radius 2 is 1.70 bits per heavy atom. The van der Waals surface area contributed by atoms with E-state index in [-0.39, 0.29) is 6.04 Å². The Morgan fingerprint density at radius 3 is 2.25 bits per heavy atom. The number of halogens is 1. The smallest absolute Gasteiger partial charge is 0.0574 e. The van der Waals surface area contributed by atoms with Crippen LogP contribution in [0.3, 0.4) is 0 Å². The van der Waals surface area contributed by atoms with Gasteiger partial charge in [-0.3, -0.25) is 0 Å². The number of hydrogen-bond donors (Lipinski definition) is 1. The fourth-order valence-corrected chi connectivity index (χ4v) is 3.10. The molecule has 0 amide bonds. The van der Waals surface area contributed by atoms with E-state index in [1.54, 1.807) is 0 Å². The van der Waals surface area contributed by atoms with Crippen molar-refractivity contribution in [2.75, 3.05) is 7.05 Å². The van der Waals surface area contributed by atoms with Gasteiger partial charge in [-0.25, -0.2) is 0 Å². The molecule has 106 valence electrons. The zero-order chi connectivity index (χ0) is 14.5. The Bertz CT molecular complexity index is 546.